The molecule has 1 fully saturated rings. The van der Waals surface area contributed by atoms with E-state index in [-0.39, 0.29) is 70.7 Å². The lowest BCUT2D eigenvalue weighted by molar-refractivity contribution is -0.128. The van der Waals surface area contributed by atoms with Gasteiger partial charge < -0.3 is 24.5 Å². The maximum absolute atomic E-state index is 15.1. The van der Waals surface area contributed by atoms with Crippen molar-refractivity contribution in [2.45, 2.75) is 32.0 Å². The number of benzene rings is 1. The Morgan fingerprint density at radius 1 is 1.30 bits per heavy atom. The quantitative estimate of drug-likeness (QED) is 0.484. The van der Waals surface area contributed by atoms with E-state index in [0.29, 0.717) is 13.1 Å². The topological polar surface area (TPSA) is 104 Å². The highest BCUT2D eigenvalue weighted by Crippen LogP contribution is 2.49. The van der Waals surface area contributed by atoms with Gasteiger partial charge in [-0.3, -0.25) is 14.3 Å². The number of aromatic nitrogens is 3. The molecule has 0 aliphatic carbocycles. The summed E-state index contributed by atoms with van der Waals surface area (Å²) in [7, 11) is 1.85. The van der Waals surface area contributed by atoms with Gasteiger partial charge in [0.25, 0.3) is 5.91 Å². The van der Waals surface area contributed by atoms with Gasteiger partial charge in [0.15, 0.2) is 5.75 Å². The number of hydrogen-bond acceptors (Lipinski definition) is 7. The summed E-state index contributed by atoms with van der Waals surface area (Å²) in [6, 6.07) is 3.49. The molecule has 3 aliphatic heterocycles. The number of fused-ring (bicyclic) bond motifs is 3. The summed E-state index contributed by atoms with van der Waals surface area (Å²) < 4.78 is 23.1. The first kappa shape index (κ1) is 26.1. The molecule has 3 aliphatic rings. The molecule has 6 rings (SSSR count). The van der Waals surface area contributed by atoms with Crippen molar-refractivity contribution in [3.05, 3.63) is 64.7 Å². The van der Waals surface area contributed by atoms with Crippen LogP contribution in [0.4, 0.5) is 10.2 Å². The van der Waals surface area contributed by atoms with Crippen LogP contribution in [0.5, 0.6) is 11.5 Å². The number of carbonyl (C=O) groups is 2. The number of anilines is 1. The van der Waals surface area contributed by atoms with E-state index in [2.05, 4.69) is 11.7 Å². The van der Waals surface area contributed by atoms with E-state index in [1.807, 2.05) is 32.0 Å². The molecule has 208 valence electrons. The number of hydrogen-bond donors (Lipinski definition) is 1. The molecule has 0 saturated carbocycles. The Morgan fingerprint density at radius 2 is 2.08 bits per heavy atom. The largest absolute Gasteiger partial charge is 0.507 e. The van der Waals surface area contributed by atoms with Crippen molar-refractivity contribution >= 4 is 29.2 Å². The summed E-state index contributed by atoms with van der Waals surface area (Å²) in [5, 5.41) is 15.2. The lowest BCUT2D eigenvalue weighted by Crippen LogP contribution is -2.57. The van der Waals surface area contributed by atoms with E-state index in [1.54, 1.807) is 14.5 Å². The summed E-state index contributed by atoms with van der Waals surface area (Å²) in [6.07, 6.45) is 3.16. The lowest BCUT2D eigenvalue weighted by Gasteiger charge is -2.40. The average molecular weight is 567 g/mol. The molecule has 10 nitrogen and oxygen atoms in total. The van der Waals surface area contributed by atoms with Crippen molar-refractivity contribution in [1.82, 2.24) is 24.6 Å². The Kier molecular flexibility index (Phi) is 6.02. The number of pyridine rings is 1. The van der Waals surface area contributed by atoms with Gasteiger partial charge in [0.1, 0.15) is 40.3 Å². The second-order valence-electron chi connectivity index (χ2n) is 10.7. The second kappa shape index (κ2) is 9.22. The number of amides is 2. The number of rotatable bonds is 3. The maximum Gasteiger partial charge on any atom is 0.261 e. The molecule has 5 heterocycles. The molecule has 40 heavy (non-hydrogen) atoms. The first-order valence-corrected chi connectivity index (χ1v) is 13.3. The maximum atomic E-state index is 15.1. The molecule has 12 heteroatoms. The first-order chi connectivity index (χ1) is 19.0. The van der Waals surface area contributed by atoms with Gasteiger partial charge >= 0.3 is 0 Å². The fourth-order valence-corrected chi connectivity index (χ4v) is 6.17. The van der Waals surface area contributed by atoms with Crippen molar-refractivity contribution in [2.24, 2.45) is 7.05 Å². The number of aryl methyl sites for hydroxylation is 1. The summed E-state index contributed by atoms with van der Waals surface area (Å²) in [4.78, 5) is 36.6. The summed E-state index contributed by atoms with van der Waals surface area (Å²) in [5.74, 6) is -1.33. The summed E-state index contributed by atoms with van der Waals surface area (Å²) >= 11 is 6.83. The third-order valence-electron chi connectivity index (χ3n) is 7.91. The minimum absolute atomic E-state index is 0.0388. The van der Waals surface area contributed by atoms with Crippen LogP contribution >= 0.6 is 11.6 Å². The monoisotopic (exact) mass is 566 g/mol. The number of piperazine rings is 1. The zero-order valence-electron chi connectivity index (χ0n) is 22.3. The zero-order valence-corrected chi connectivity index (χ0v) is 23.1. The third-order valence-corrected chi connectivity index (χ3v) is 8.26. The van der Waals surface area contributed by atoms with Gasteiger partial charge in [-0.15, -0.1) is 0 Å². The average Bonchev–Trinajstić information content (AvgIpc) is 3.36. The Bertz CT molecular complexity index is 1570. The van der Waals surface area contributed by atoms with Crippen LogP contribution in [0, 0.1) is 5.82 Å². The Hall–Kier alpha value is -4.12. The standard InChI is InChI=1S/C28H28ClFN6O4/c1-5-19(38)34-9-10-35-16(13-34)14-40-24-21(27(35)39)26(36-12-15-11-33(4)32-25(15)28(36,2)3)31-23(22(24)29)20-17(30)7-6-8-18(20)37/h5-8,11,16,37H,1,9-10,12-14H2,2-4H3/t16-/m1/s1. The lowest BCUT2D eigenvalue weighted by atomic mass is 9.99. The van der Waals surface area contributed by atoms with E-state index in [0.717, 1.165) is 11.3 Å². The van der Waals surface area contributed by atoms with E-state index >= 15 is 4.39 Å². The molecule has 1 atom stereocenters. The van der Waals surface area contributed by atoms with Gasteiger partial charge in [-0.25, -0.2) is 9.37 Å². The number of aromatic hydroxyl groups is 1. The molecule has 3 aromatic rings. The number of carbonyl (C=O) groups excluding carboxylic acids is 2. The Labute approximate surface area is 235 Å². The molecule has 0 radical (unpaired) electrons. The minimum atomic E-state index is -0.720. The van der Waals surface area contributed by atoms with Crippen LogP contribution in [0.25, 0.3) is 11.3 Å². The predicted molar refractivity (Wildman–Crippen MR) is 146 cm³/mol. The van der Waals surface area contributed by atoms with Crippen LogP contribution in [0.2, 0.25) is 5.02 Å². The second-order valence-corrected chi connectivity index (χ2v) is 11.1. The number of phenols is 1. The Balaban J connectivity index is 1.55. The molecule has 1 N–H and O–H groups in total. The van der Waals surface area contributed by atoms with Crippen LogP contribution in [0.3, 0.4) is 0 Å². The van der Waals surface area contributed by atoms with Gasteiger partial charge in [0.2, 0.25) is 5.91 Å². The normalized spacial score (nSPS) is 19.5. The van der Waals surface area contributed by atoms with E-state index < -0.39 is 17.4 Å². The SMILES string of the molecule is C=CC(=O)N1CCN2C(=O)c3c(N4Cc5cn(C)nc5C4(C)C)nc(-c4c(O)cccc4F)c(Cl)c3OC[C@H]2C1. The van der Waals surface area contributed by atoms with Crippen LogP contribution in [0.1, 0.15) is 35.5 Å². The first-order valence-electron chi connectivity index (χ1n) is 12.9. The Morgan fingerprint density at radius 3 is 2.77 bits per heavy atom. The molecule has 2 aromatic heterocycles. The van der Waals surface area contributed by atoms with Crippen molar-refractivity contribution in [3.8, 4) is 22.8 Å². The molecule has 1 aromatic carbocycles. The molecular weight excluding hydrogens is 539 g/mol. The van der Waals surface area contributed by atoms with E-state index in [4.69, 9.17) is 21.3 Å². The van der Waals surface area contributed by atoms with Crippen LogP contribution < -0.4 is 9.64 Å². The molecule has 0 unspecified atom stereocenters. The molecular formula is C28H28ClFN6O4. The summed E-state index contributed by atoms with van der Waals surface area (Å²) in [6.45, 7) is 8.83. The predicted octanol–water partition coefficient (Wildman–Crippen LogP) is 3.47. The van der Waals surface area contributed by atoms with E-state index in [9.17, 15) is 14.7 Å². The highest BCUT2D eigenvalue weighted by Gasteiger charge is 2.46. The van der Waals surface area contributed by atoms with Gasteiger partial charge in [-0.05, 0) is 32.1 Å². The fourth-order valence-electron chi connectivity index (χ4n) is 5.89. The molecule has 0 spiro atoms. The van der Waals surface area contributed by atoms with E-state index in [1.165, 1.54) is 24.3 Å². The molecule has 0 bridgehead atoms. The van der Waals surface area contributed by atoms with Gasteiger partial charge in [-0.2, -0.15) is 5.10 Å². The van der Waals surface area contributed by atoms with Crippen LogP contribution in [-0.4, -0.2) is 73.8 Å². The molecule has 2 amide bonds. The number of ether oxygens (including phenoxy) is 1. The minimum Gasteiger partial charge on any atom is -0.507 e. The number of halogens is 2. The van der Waals surface area contributed by atoms with Crippen molar-refractivity contribution in [2.75, 3.05) is 31.1 Å². The van der Waals surface area contributed by atoms with Crippen molar-refractivity contribution < 1.29 is 23.8 Å². The number of phenolic OH excluding ortho intramolecular Hbond substituents is 1. The number of nitrogens with zero attached hydrogens (tertiary/aromatic N) is 6. The van der Waals surface area contributed by atoms with Gasteiger partial charge in [0.05, 0.1) is 22.8 Å². The van der Waals surface area contributed by atoms with Crippen LogP contribution in [-0.2, 0) is 23.9 Å². The molecule has 1 saturated heterocycles. The highest BCUT2D eigenvalue weighted by molar-refractivity contribution is 6.35. The van der Waals surface area contributed by atoms with Gasteiger partial charge in [0, 0.05) is 45.0 Å². The van der Waals surface area contributed by atoms with Crippen molar-refractivity contribution in [3.63, 3.8) is 0 Å². The van der Waals surface area contributed by atoms with Gasteiger partial charge in [-0.1, -0.05) is 24.2 Å². The fraction of sp³-hybridized carbons (Fsp3) is 0.357. The van der Waals surface area contributed by atoms with Crippen molar-refractivity contribution in [1.29, 1.82) is 0 Å². The van der Waals surface area contributed by atoms with Crippen LogP contribution in [0.15, 0.2) is 37.1 Å². The highest BCUT2D eigenvalue weighted by atomic mass is 35.5. The summed E-state index contributed by atoms with van der Waals surface area (Å²) in [5.41, 5.74) is 1.02. The smallest absolute Gasteiger partial charge is 0.261 e. The zero-order chi connectivity index (χ0) is 28.5. The third kappa shape index (κ3) is 3.82.